The van der Waals surface area contributed by atoms with Gasteiger partial charge >= 0.3 is 0 Å². The Labute approximate surface area is 117 Å². The molecule has 1 aliphatic rings. The highest BCUT2D eigenvalue weighted by molar-refractivity contribution is 6.33. The Balaban J connectivity index is 1.92. The number of aromatic nitrogens is 1. The fourth-order valence-electron chi connectivity index (χ4n) is 1.94. The van der Waals surface area contributed by atoms with Crippen LogP contribution < -0.4 is 10.6 Å². The van der Waals surface area contributed by atoms with Gasteiger partial charge in [-0.3, -0.25) is 4.79 Å². The molecule has 0 bridgehead atoms. The van der Waals surface area contributed by atoms with Crippen molar-refractivity contribution >= 4 is 23.3 Å². The Bertz CT molecular complexity index is 448. The normalized spacial score (nSPS) is 18.3. The van der Waals surface area contributed by atoms with Gasteiger partial charge in [0.15, 0.2) is 0 Å². The minimum atomic E-state index is -0.149. The Morgan fingerprint density at radius 1 is 1.63 bits per heavy atom. The first-order valence-corrected chi connectivity index (χ1v) is 6.84. The monoisotopic (exact) mass is 283 g/mol. The van der Waals surface area contributed by atoms with Crippen molar-refractivity contribution in [2.75, 3.05) is 31.6 Å². The largest absolute Gasteiger partial charge is 0.381 e. The number of hydrogen-bond acceptors (Lipinski definition) is 4. The maximum Gasteiger partial charge on any atom is 0.252 e. The molecule has 104 valence electrons. The standard InChI is InChI=1S/C13H18ClN3O2/c1-2-15-12-11(14)5-10(7-16-12)13(18)17-6-9-3-4-19-8-9/h5,7,9H,2-4,6,8H2,1H3,(H,15,16)(H,17,18). The van der Waals surface area contributed by atoms with Crippen molar-refractivity contribution < 1.29 is 9.53 Å². The molecule has 6 heteroatoms. The second kappa shape index (κ2) is 6.73. The fourth-order valence-corrected chi connectivity index (χ4v) is 2.18. The van der Waals surface area contributed by atoms with Gasteiger partial charge in [0.1, 0.15) is 5.82 Å². The molecule has 5 nitrogen and oxygen atoms in total. The number of hydrogen-bond donors (Lipinski definition) is 2. The van der Waals surface area contributed by atoms with E-state index in [1.807, 2.05) is 6.92 Å². The molecule has 1 saturated heterocycles. The first-order valence-electron chi connectivity index (χ1n) is 6.46. The van der Waals surface area contributed by atoms with E-state index in [1.165, 1.54) is 6.20 Å². The van der Waals surface area contributed by atoms with Crippen molar-refractivity contribution in [3.05, 3.63) is 22.8 Å². The summed E-state index contributed by atoms with van der Waals surface area (Å²) in [5.41, 5.74) is 0.477. The van der Waals surface area contributed by atoms with E-state index in [9.17, 15) is 4.79 Å². The van der Waals surface area contributed by atoms with Crippen LogP contribution >= 0.6 is 11.6 Å². The fraction of sp³-hybridized carbons (Fsp3) is 0.538. The molecule has 19 heavy (non-hydrogen) atoms. The smallest absolute Gasteiger partial charge is 0.252 e. The zero-order chi connectivity index (χ0) is 13.7. The molecule has 1 aliphatic heterocycles. The molecule has 1 unspecified atom stereocenters. The summed E-state index contributed by atoms with van der Waals surface area (Å²) in [5, 5.41) is 6.37. The molecule has 0 spiro atoms. The highest BCUT2D eigenvalue weighted by atomic mass is 35.5. The van der Waals surface area contributed by atoms with Gasteiger partial charge in [0.2, 0.25) is 0 Å². The van der Waals surface area contributed by atoms with Crippen molar-refractivity contribution in [1.29, 1.82) is 0 Å². The Kier molecular flexibility index (Phi) is 4.99. The third-order valence-electron chi connectivity index (χ3n) is 3.02. The van der Waals surface area contributed by atoms with E-state index in [0.29, 0.717) is 28.9 Å². The Hall–Kier alpha value is -1.33. The van der Waals surface area contributed by atoms with Crippen LogP contribution in [0.5, 0.6) is 0 Å². The molecular formula is C13H18ClN3O2. The lowest BCUT2D eigenvalue weighted by Crippen LogP contribution is -2.29. The van der Waals surface area contributed by atoms with Crippen LogP contribution in [0.15, 0.2) is 12.3 Å². The lowest BCUT2D eigenvalue weighted by molar-refractivity contribution is 0.0944. The predicted octanol–water partition coefficient (Wildman–Crippen LogP) is 1.93. The van der Waals surface area contributed by atoms with E-state index >= 15 is 0 Å². The number of halogens is 1. The quantitative estimate of drug-likeness (QED) is 0.867. The number of rotatable bonds is 5. The number of carbonyl (C=O) groups is 1. The average Bonchev–Trinajstić information content (AvgIpc) is 2.91. The lowest BCUT2D eigenvalue weighted by atomic mass is 10.1. The number of pyridine rings is 1. The summed E-state index contributed by atoms with van der Waals surface area (Å²) in [7, 11) is 0. The van der Waals surface area contributed by atoms with Crippen LogP contribution in [0, 0.1) is 5.92 Å². The van der Waals surface area contributed by atoms with Crippen molar-refractivity contribution in [2.24, 2.45) is 5.92 Å². The van der Waals surface area contributed by atoms with Crippen molar-refractivity contribution in [1.82, 2.24) is 10.3 Å². The minimum Gasteiger partial charge on any atom is -0.381 e. The van der Waals surface area contributed by atoms with Gasteiger partial charge in [0, 0.05) is 31.8 Å². The number of carbonyl (C=O) groups excluding carboxylic acids is 1. The molecule has 1 aromatic heterocycles. The molecule has 1 fully saturated rings. The molecule has 2 rings (SSSR count). The molecule has 0 saturated carbocycles. The average molecular weight is 284 g/mol. The second-order valence-corrected chi connectivity index (χ2v) is 4.93. The molecule has 1 aromatic rings. The highest BCUT2D eigenvalue weighted by Gasteiger charge is 2.17. The maximum absolute atomic E-state index is 12.0. The summed E-state index contributed by atoms with van der Waals surface area (Å²) in [6, 6.07) is 1.63. The first kappa shape index (κ1) is 14.1. The summed E-state index contributed by atoms with van der Waals surface area (Å²) >= 11 is 6.05. The van der Waals surface area contributed by atoms with Crippen LogP contribution in [0.25, 0.3) is 0 Å². The van der Waals surface area contributed by atoms with E-state index < -0.39 is 0 Å². The van der Waals surface area contributed by atoms with E-state index in [0.717, 1.165) is 26.2 Å². The predicted molar refractivity (Wildman–Crippen MR) is 74.7 cm³/mol. The van der Waals surface area contributed by atoms with Crippen LogP contribution in [0.2, 0.25) is 5.02 Å². The maximum atomic E-state index is 12.0. The van der Waals surface area contributed by atoms with Crippen molar-refractivity contribution in [2.45, 2.75) is 13.3 Å². The van der Waals surface area contributed by atoms with Gasteiger partial charge < -0.3 is 15.4 Å². The van der Waals surface area contributed by atoms with E-state index in [-0.39, 0.29) is 5.91 Å². The summed E-state index contributed by atoms with van der Waals surface area (Å²) in [6.07, 6.45) is 2.53. The zero-order valence-corrected chi connectivity index (χ0v) is 11.7. The minimum absolute atomic E-state index is 0.149. The first-order chi connectivity index (χ1) is 9.20. The SMILES string of the molecule is CCNc1ncc(C(=O)NCC2CCOC2)cc1Cl. The molecular weight excluding hydrogens is 266 g/mol. The number of anilines is 1. The summed E-state index contributed by atoms with van der Waals surface area (Å²) < 4.78 is 5.26. The molecule has 1 amide bonds. The molecule has 0 aromatic carbocycles. The van der Waals surface area contributed by atoms with Gasteiger partial charge in [-0.25, -0.2) is 4.98 Å². The number of amides is 1. The molecule has 0 aliphatic carbocycles. The Morgan fingerprint density at radius 3 is 3.11 bits per heavy atom. The van der Waals surface area contributed by atoms with Crippen molar-refractivity contribution in [3.8, 4) is 0 Å². The number of nitrogens with one attached hydrogen (secondary N) is 2. The Morgan fingerprint density at radius 2 is 2.47 bits per heavy atom. The molecule has 2 N–H and O–H groups in total. The van der Waals surface area contributed by atoms with Gasteiger partial charge in [-0.2, -0.15) is 0 Å². The molecule has 1 atom stereocenters. The van der Waals surface area contributed by atoms with E-state index in [4.69, 9.17) is 16.3 Å². The topological polar surface area (TPSA) is 63.2 Å². The summed E-state index contributed by atoms with van der Waals surface area (Å²) in [6.45, 7) is 4.83. The molecule has 2 heterocycles. The lowest BCUT2D eigenvalue weighted by Gasteiger charge is -2.10. The van der Waals surface area contributed by atoms with E-state index in [1.54, 1.807) is 6.07 Å². The van der Waals surface area contributed by atoms with Crippen molar-refractivity contribution in [3.63, 3.8) is 0 Å². The van der Waals surface area contributed by atoms with Crippen LogP contribution in [0.4, 0.5) is 5.82 Å². The second-order valence-electron chi connectivity index (χ2n) is 4.52. The van der Waals surface area contributed by atoms with Gasteiger partial charge in [0.05, 0.1) is 17.2 Å². The van der Waals surface area contributed by atoms with Gasteiger partial charge in [-0.1, -0.05) is 11.6 Å². The summed E-state index contributed by atoms with van der Waals surface area (Å²) in [5.74, 6) is 0.864. The van der Waals surface area contributed by atoms with Gasteiger partial charge in [-0.15, -0.1) is 0 Å². The summed E-state index contributed by atoms with van der Waals surface area (Å²) in [4.78, 5) is 16.1. The van der Waals surface area contributed by atoms with Gasteiger partial charge in [0.25, 0.3) is 5.91 Å². The van der Waals surface area contributed by atoms with Crippen LogP contribution in [0.3, 0.4) is 0 Å². The third kappa shape index (κ3) is 3.81. The number of ether oxygens (including phenoxy) is 1. The highest BCUT2D eigenvalue weighted by Crippen LogP contribution is 2.20. The number of nitrogens with zero attached hydrogens (tertiary/aromatic N) is 1. The van der Waals surface area contributed by atoms with Gasteiger partial charge in [-0.05, 0) is 19.4 Å². The van der Waals surface area contributed by atoms with E-state index in [2.05, 4.69) is 15.6 Å². The van der Waals surface area contributed by atoms with Crippen LogP contribution in [-0.2, 0) is 4.74 Å². The van der Waals surface area contributed by atoms with Crippen LogP contribution in [-0.4, -0.2) is 37.2 Å². The molecule has 0 radical (unpaired) electrons. The third-order valence-corrected chi connectivity index (χ3v) is 3.31. The zero-order valence-electron chi connectivity index (χ0n) is 10.9. The van der Waals surface area contributed by atoms with Crippen LogP contribution in [0.1, 0.15) is 23.7 Å².